The maximum atomic E-state index is 11.9. The Morgan fingerprint density at radius 2 is 1.78 bits per heavy atom. The molecule has 0 bridgehead atoms. The van der Waals surface area contributed by atoms with E-state index >= 15 is 0 Å². The molecule has 0 saturated carbocycles. The highest BCUT2D eigenvalue weighted by Crippen LogP contribution is 2.08. The molecule has 98 valence electrons. The van der Waals surface area contributed by atoms with Gasteiger partial charge in [0.2, 0.25) is 5.91 Å². The molecule has 0 aromatic heterocycles. The maximum absolute atomic E-state index is 11.9. The van der Waals surface area contributed by atoms with Gasteiger partial charge in [0.05, 0.1) is 6.54 Å². The molecule has 1 amide bonds. The van der Waals surface area contributed by atoms with Crippen LogP contribution in [0.2, 0.25) is 0 Å². The van der Waals surface area contributed by atoms with Gasteiger partial charge in [-0.2, -0.15) is 0 Å². The molecule has 0 atom stereocenters. The van der Waals surface area contributed by atoms with Crippen LogP contribution in [0.15, 0.2) is 24.3 Å². The van der Waals surface area contributed by atoms with Crippen molar-refractivity contribution in [3.63, 3.8) is 0 Å². The van der Waals surface area contributed by atoms with Gasteiger partial charge in [0, 0.05) is 31.9 Å². The lowest BCUT2D eigenvalue weighted by molar-refractivity contribution is -0.117. The van der Waals surface area contributed by atoms with E-state index in [1.807, 2.05) is 31.2 Å². The van der Waals surface area contributed by atoms with Crippen LogP contribution in [-0.2, 0) is 4.79 Å². The van der Waals surface area contributed by atoms with E-state index in [0.29, 0.717) is 6.54 Å². The number of aryl methyl sites for hydroxylation is 1. The Balaban J connectivity index is 1.80. The summed E-state index contributed by atoms with van der Waals surface area (Å²) >= 11 is 0. The number of nitrogens with zero attached hydrogens (tertiary/aromatic N) is 2. The minimum atomic E-state index is 0.0726. The molecule has 0 radical (unpaired) electrons. The number of carbonyl (C=O) groups excluding carboxylic acids is 1. The predicted molar refractivity (Wildman–Crippen MR) is 73.7 cm³/mol. The van der Waals surface area contributed by atoms with Crippen LogP contribution >= 0.6 is 0 Å². The fraction of sp³-hybridized carbons (Fsp3) is 0.500. The van der Waals surface area contributed by atoms with Crippen LogP contribution in [0.4, 0.5) is 5.69 Å². The first-order valence-corrected chi connectivity index (χ1v) is 6.41. The molecule has 4 heteroatoms. The Labute approximate surface area is 109 Å². The molecule has 0 spiro atoms. The van der Waals surface area contributed by atoms with Crippen molar-refractivity contribution in [3.8, 4) is 0 Å². The van der Waals surface area contributed by atoms with E-state index in [1.165, 1.54) is 5.56 Å². The summed E-state index contributed by atoms with van der Waals surface area (Å²) in [6, 6.07) is 7.89. The van der Waals surface area contributed by atoms with Crippen LogP contribution in [0.1, 0.15) is 5.56 Å². The first-order chi connectivity index (χ1) is 8.63. The Morgan fingerprint density at radius 3 is 2.39 bits per heavy atom. The topological polar surface area (TPSA) is 35.6 Å². The summed E-state index contributed by atoms with van der Waals surface area (Å²) in [5.41, 5.74) is 2.08. The largest absolute Gasteiger partial charge is 0.325 e. The second kappa shape index (κ2) is 5.98. The minimum Gasteiger partial charge on any atom is -0.325 e. The van der Waals surface area contributed by atoms with Crippen molar-refractivity contribution >= 4 is 11.6 Å². The van der Waals surface area contributed by atoms with Gasteiger partial charge in [-0.25, -0.2) is 0 Å². The molecule has 18 heavy (non-hydrogen) atoms. The lowest BCUT2D eigenvalue weighted by Gasteiger charge is -2.31. The molecule has 1 N–H and O–H groups in total. The molecule has 2 rings (SSSR count). The summed E-state index contributed by atoms with van der Waals surface area (Å²) in [5.74, 6) is 0.0726. The number of benzene rings is 1. The Hall–Kier alpha value is -1.39. The van der Waals surface area contributed by atoms with Crippen molar-refractivity contribution in [2.75, 3.05) is 45.1 Å². The SMILES string of the molecule is Cc1ccc(NC(=O)CN2CCN(C)CC2)cc1. The van der Waals surface area contributed by atoms with Crippen LogP contribution in [0.5, 0.6) is 0 Å². The number of hydrogen-bond donors (Lipinski definition) is 1. The zero-order chi connectivity index (χ0) is 13.0. The van der Waals surface area contributed by atoms with Gasteiger partial charge in [0.15, 0.2) is 0 Å². The molecule has 1 aromatic rings. The highest BCUT2D eigenvalue weighted by Gasteiger charge is 2.16. The number of anilines is 1. The van der Waals surface area contributed by atoms with Gasteiger partial charge in [0.25, 0.3) is 0 Å². The molecule has 0 aliphatic carbocycles. The third-order valence-electron chi connectivity index (χ3n) is 3.30. The quantitative estimate of drug-likeness (QED) is 0.871. The molecular formula is C14H21N3O. The zero-order valence-corrected chi connectivity index (χ0v) is 11.1. The van der Waals surface area contributed by atoms with Gasteiger partial charge in [-0.05, 0) is 26.1 Å². The molecule has 4 nitrogen and oxygen atoms in total. The van der Waals surface area contributed by atoms with E-state index in [0.717, 1.165) is 31.9 Å². The van der Waals surface area contributed by atoms with E-state index in [1.54, 1.807) is 0 Å². The number of piperazine rings is 1. The third kappa shape index (κ3) is 3.82. The normalized spacial score (nSPS) is 17.7. The monoisotopic (exact) mass is 247 g/mol. The van der Waals surface area contributed by atoms with Crippen molar-refractivity contribution in [1.82, 2.24) is 9.80 Å². The molecule has 0 unspecified atom stereocenters. The lowest BCUT2D eigenvalue weighted by Crippen LogP contribution is -2.47. The predicted octanol–water partition coefficient (Wildman–Crippen LogP) is 1.18. The summed E-state index contributed by atoms with van der Waals surface area (Å²) < 4.78 is 0. The number of likely N-dealkylation sites (N-methyl/N-ethyl adjacent to an activating group) is 1. The average molecular weight is 247 g/mol. The molecule has 1 aromatic carbocycles. The molecule has 1 heterocycles. The highest BCUT2D eigenvalue weighted by atomic mass is 16.2. The molecule has 1 aliphatic rings. The van der Waals surface area contributed by atoms with Gasteiger partial charge in [-0.15, -0.1) is 0 Å². The molecular weight excluding hydrogens is 226 g/mol. The third-order valence-corrected chi connectivity index (χ3v) is 3.30. The van der Waals surface area contributed by atoms with Crippen molar-refractivity contribution in [2.45, 2.75) is 6.92 Å². The van der Waals surface area contributed by atoms with E-state index in [4.69, 9.17) is 0 Å². The summed E-state index contributed by atoms with van der Waals surface area (Å²) in [6.45, 7) is 6.54. The summed E-state index contributed by atoms with van der Waals surface area (Å²) in [6.07, 6.45) is 0. The lowest BCUT2D eigenvalue weighted by atomic mass is 10.2. The Bertz CT molecular complexity index is 394. The Morgan fingerprint density at radius 1 is 1.17 bits per heavy atom. The maximum Gasteiger partial charge on any atom is 0.238 e. The number of carbonyl (C=O) groups is 1. The number of hydrogen-bond acceptors (Lipinski definition) is 3. The standard InChI is InChI=1S/C14H21N3O/c1-12-3-5-13(6-4-12)15-14(18)11-17-9-7-16(2)8-10-17/h3-6H,7-11H2,1-2H3,(H,15,18). The van der Waals surface area contributed by atoms with E-state index in [-0.39, 0.29) is 5.91 Å². The first-order valence-electron chi connectivity index (χ1n) is 6.41. The van der Waals surface area contributed by atoms with Crippen LogP contribution in [0.25, 0.3) is 0 Å². The van der Waals surface area contributed by atoms with Gasteiger partial charge < -0.3 is 10.2 Å². The second-order valence-electron chi connectivity index (χ2n) is 4.99. The van der Waals surface area contributed by atoms with Crippen molar-refractivity contribution in [2.24, 2.45) is 0 Å². The summed E-state index contributed by atoms with van der Waals surface area (Å²) in [5, 5.41) is 2.93. The van der Waals surface area contributed by atoms with Gasteiger partial charge in [-0.1, -0.05) is 17.7 Å². The van der Waals surface area contributed by atoms with Crippen molar-refractivity contribution in [3.05, 3.63) is 29.8 Å². The van der Waals surface area contributed by atoms with E-state index in [2.05, 4.69) is 22.2 Å². The first kappa shape index (κ1) is 13.1. The fourth-order valence-electron chi connectivity index (χ4n) is 2.05. The highest BCUT2D eigenvalue weighted by molar-refractivity contribution is 5.92. The van der Waals surface area contributed by atoms with Crippen molar-refractivity contribution in [1.29, 1.82) is 0 Å². The average Bonchev–Trinajstić information content (AvgIpc) is 2.35. The smallest absolute Gasteiger partial charge is 0.238 e. The zero-order valence-electron chi connectivity index (χ0n) is 11.1. The molecule has 1 aliphatic heterocycles. The second-order valence-corrected chi connectivity index (χ2v) is 4.99. The van der Waals surface area contributed by atoms with E-state index < -0.39 is 0 Å². The van der Waals surface area contributed by atoms with Crippen LogP contribution in [-0.4, -0.2) is 55.5 Å². The van der Waals surface area contributed by atoms with Gasteiger partial charge in [-0.3, -0.25) is 9.69 Å². The van der Waals surface area contributed by atoms with Crippen molar-refractivity contribution < 1.29 is 4.79 Å². The molecule has 1 fully saturated rings. The summed E-state index contributed by atoms with van der Waals surface area (Å²) in [7, 11) is 2.11. The number of amides is 1. The van der Waals surface area contributed by atoms with Crippen LogP contribution < -0.4 is 5.32 Å². The van der Waals surface area contributed by atoms with E-state index in [9.17, 15) is 4.79 Å². The number of nitrogens with one attached hydrogen (secondary N) is 1. The minimum absolute atomic E-state index is 0.0726. The summed E-state index contributed by atoms with van der Waals surface area (Å²) in [4.78, 5) is 16.4. The Kier molecular flexibility index (Phi) is 4.33. The van der Waals surface area contributed by atoms with Crippen LogP contribution in [0.3, 0.4) is 0 Å². The fourth-order valence-corrected chi connectivity index (χ4v) is 2.05. The van der Waals surface area contributed by atoms with Gasteiger partial charge >= 0.3 is 0 Å². The number of rotatable bonds is 3. The molecule has 1 saturated heterocycles. The van der Waals surface area contributed by atoms with Crippen LogP contribution in [0, 0.1) is 6.92 Å². The van der Waals surface area contributed by atoms with Gasteiger partial charge in [0.1, 0.15) is 0 Å².